The molecule has 0 aliphatic rings. The molecule has 11 heteroatoms. The fourth-order valence-electron chi connectivity index (χ4n) is 3.31. The summed E-state index contributed by atoms with van der Waals surface area (Å²) in [5.74, 6) is -0.574. The van der Waals surface area contributed by atoms with Crippen LogP contribution in [0.25, 0.3) is 0 Å². The van der Waals surface area contributed by atoms with Gasteiger partial charge in [-0.3, -0.25) is 0 Å². The molecule has 36 heavy (non-hydrogen) atoms. The molecular formula is C25H51N4O7+. The van der Waals surface area contributed by atoms with E-state index in [-0.39, 0.29) is 19.2 Å². The first kappa shape index (κ1) is 34.0. The smallest absolute Gasteiger partial charge is 0.467 e. The summed E-state index contributed by atoms with van der Waals surface area (Å²) in [6.45, 7) is 13.6. The Morgan fingerprint density at radius 1 is 0.778 bits per heavy atom. The molecule has 0 fully saturated rings. The molecule has 212 valence electrons. The van der Waals surface area contributed by atoms with Gasteiger partial charge in [0.2, 0.25) is 6.61 Å². The Hall–Kier alpha value is -1.95. The van der Waals surface area contributed by atoms with Gasteiger partial charge in [-0.1, -0.05) is 4.65 Å². The second-order valence-corrected chi connectivity index (χ2v) is 10.8. The third kappa shape index (κ3) is 15.2. The van der Waals surface area contributed by atoms with Crippen LogP contribution in [0.15, 0.2) is 0 Å². The van der Waals surface area contributed by atoms with Crippen molar-refractivity contribution in [2.24, 2.45) is 0 Å². The van der Waals surface area contributed by atoms with Crippen LogP contribution in [-0.2, 0) is 23.8 Å². The molecule has 0 bridgehead atoms. The maximum Gasteiger partial charge on any atom is 0.550 e. The lowest BCUT2D eigenvalue weighted by Crippen LogP contribution is -2.56. The summed E-state index contributed by atoms with van der Waals surface area (Å²) >= 11 is 0. The standard InChI is InChI=1S/C25H51N4O7/c1-24(2,3)35-22(31)28(17-12-14-26-7)16-10-11-18-29(19-13-15-27-8,34-20-21(30)33-9)23(32)36-25(4,5)6/h26-27H,10-20H2,1-9H3/q+1. The number of hydrogen-bond acceptors (Lipinski definition) is 9. The molecule has 0 spiro atoms. The quantitative estimate of drug-likeness (QED) is 0.104. The van der Waals surface area contributed by atoms with Crippen molar-refractivity contribution < 1.29 is 38.1 Å². The van der Waals surface area contributed by atoms with Gasteiger partial charge in [-0.25, -0.2) is 9.59 Å². The summed E-state index contributed by atoms with van der Waals surface area (Å²) in [6.07, 6.45) is 1.69. The van der Waals surface area contributed by atoms with E-state index in [0.717, 1.165) is 13.0 Å². The van der Waals surface area contributed by atoms with Crippen LogP contribution < -0.4 is 10.6 Å². The maximum absolute atomic E-state index is 13.3. The van der Waals surface area contributed by atoms with Crippen molar-refractivity contribution in [3.8, 4) is 0 Å². The average molecular weight is 520 g/mol. The van der Waals surface area contributed by atoms with Crippen molar-refractivity contribution in [1.29, 1.82) is 0 Å². The van der Waals surface area contributed by atoms with Crippen LogP contribution in [-0.4, -0.2) is 106 Å². The molecule has 0 aliphatic carbocycles. The summed E-state index contributed by atoms with van der Waals surface area (Å²) in [4.78, 5) is 45.4. The number of ether oxygens (including phenoxy) is 3. The largest absolute Gasteiger partial charge is 0.550 e. The SMILES string of the molecule is CNCCCN(CCCC[N+](CCCNC)(OCC(=O)OC)C(=O)OC(C)(C)C)C(=O)OC(C)(C)C. The second kappa shape index (κ2) is 16.7. The predicted molar refractivity (Wildman–Crippen MR) is 138 cm³/mol. The predicted octanol–water partition coefficient (Wildman–Crippen LogP) is 3.08. The van der Waals surface area contributed by atoms with Gasteiger partial charge in [0.15, 0.2) is 0 Å². The molecular weight excluding hydrogens is 468 g/mol. The normalized spacial score (nSPS) is 13.6. The Labute approximate surface area is 217 Å². The summed E-state index contributed by atoms with van der Waals surface area (Å²) in [7, 11) is 4.97. The second-order valence-electron chi connectivity index (χ2n) is 10.8. The number of hydroxylamine groups is 3. The zero-order chi connectivity index (χ0) is 27.8. The van der Waals surface area contributed by atoms with Gasteiger partial charge in [-0.2, -0.15) is 9.63 Å². The number of hydrogen-bond donors (Lipinski definition) is 2. The number of rotatable bonds is 16. The van der Waals surface area contributed by atoms with E-state index < -0.39 is 27.9 Å². The van der Waals surface area contributed by atoms with Gasteiger partial charge in [0.1, 0.15) is 24.3 Å². The number of esters is 1. The number of carbonyl (C=O) groups excluding carboxylic acids is 3. The van der Waals surface area contributed by atoms with Crippen LogP contribution in [0.2, 0.25) is 0 Å². The molecule has 0 aromatic heterocycles. The third-order valence-corrected chi connectivity index (χ3v) is 5.03. The van der Waals surface area contributed by atoms with E-state index in [0.29, 0.717) is 45.4 Å². The van der Waals surface area contributed by atoms with E-state index in [1.807, 2.05) is 34.9 Å². The molecule has 0 heterocycles. The van der Waals surface area contributed by atoms with Gasteiger partial charge in [0.05, 0.1) is 7.11 Å². The fourth-order valence-corrected chi connectivity index (χ4v) is 3.31. The van der Waals surface area contributed by atoms with Gasteiger partial charge in [0, 0.05) is 32.5 Å². The van der Waals surface area contributed by atoms with Crippen LogP contribution in [0.1, 0.15) is 67.2 Å². The number of nitrogens with zero attached hydrogens (tertiary/aromatic N) is 2. The summed E-state index contributed by atoms with van der Waals surface area (Å²) in [5.41, 5.74) is -1.31. The number of amides is 2. The van der Waals surface area contributed by atoms with E-state index >= 15 is 0 Å². The zero-order valence-electron chi connectivity index (χ0n) is 24.0. The molecule has 0 saturated carbocycles. The molecule has 0 aromatic carbocycles. The van der Waals surface area contributed by atoms with Crippen molar-refractivity contribution in [3.63, 3.8) is 0 Å². The highest BCUT2D eigenvalue weighted by atomic mass is 16.8. The highest BCUT2D eigenvalue weighted by Gasteiger charge is 2.43. The molecule has 2 amide bonds. The van der Waals surface area contributed by atoms with Crippen molar-refractivity contribution in [2.75, 3.05) is 67.1 Å². The fraction of sp³-hybridized carbons (Fsp3) is 0.880. The molecule has 0 saturated heterocycles. The van der Waals surface area contributed by atoms with Gasteiger partial charge in [0.25, 0.3) is 0 Å². The Bertz CT molecular complexity index is 662. The molecule has 0 aliphatic heterocycles. The first-order valence-electron chi connectivity index (χ1n) is 12.8. The first-order chi connectivity index (χ1) is 16.7. The maximum atomic E-state index is 13.3. The van der Waals surface area contributed by atoms with Gasteiger partial charge in [-0.05, 0) is 75.0 Å². The number of methoxy groups -OCH3 is 1. The van der Waals surface area contributed by atoms with Crippen LogP contribution in [0, 0.1) is 0 Å². The lowest BCUT2D eigenvalue weighted by atomic mass is 10.2. The van der Waals surface area contributed by atoms with E-state index in [2.05, 4.69) is 10.6 Å². The van der Waals surface area contributed by atoms with Crippen LogP contribution in [0.4, 0.5) is 9.59 Å². The van der Waals surface area contributed by atoms with Crippen LogP contribution in [0.3, 0.4) is 0 Å². The van der Waals surface area contributed by atoms with Crippen LogP contribution in [0.5, 0.6) is 0 Å². The van der Waals surface area contributed by atoms with Gasteiger partial charge >= 0.3 is 18.2 Å². The molecule has 0 aromatic rings. The minimum absolute atomic E-state index is 0.286. The van der Waals surface area contributed by atoms with Gasteiger partial charge < -0.3 is 29.7 Å². The molecule has 1 unspecified atom stereocenters. The Morgan fingerprint density at radius 2 is 1.31 bits per heavy atom. The number of quaternary nitrogens is 1. The number of unbranched alkanes of at least 4 members (excludes halogenated alkanes) is 1. The van der Waals surface area contributed by atoms with Crippen molar-refractivity contribution in [2.45, 2.75) is 78.4 Å². The minimum atomic E-state index is -0.723. The molecule has 11 nitrogen and oxygen atoms in total. The summed E-state index contributed by atoms with van der Waals surface area (Å²) in [6, 6.07) is 0. The van der Waals surface area contributed by atoms with Crippen molar-refractivity contribution >= 4 is 18.2 Å². The number of nitrogens with one attached hydrogen (secondary N) is 2. The minimum Gasteiger partial charge on any atom is -0.467 e. The lowest BCUT2D eigenvalue weighted by Gasteiger charge is -2.34. The molecule has 1 atom stereocenters. The highest BCUT2D eigenvalue weighted by Crippen LogP contribution is 2.21. The number of carbonyl (C=O) groups is 3. The Morgan fingerprint density at radius 3 is 1.83 bits per heavy atom. The van der Waals surface area contributed by atoms with E-state index in [4.69, 9.17) is 19.0 Å². The zero-order valence-corrected chi connectivity index (χ0v) is 24.0. The third-order valence-electron chi connectivity index (χ3n) is 5.03. The lowest BCUT2D eigenvalue weighted by molar-refractivity contribution is -1.05. The summed E-state index contributed by atoms with van der Waals surface area (Å²) in [5, 5.41) is 6.16. The summed E-state index contributed by atoms with van der Waals surface area (Å²) < 4.78 is 15.5. The Kier molecular flexibility index (Phi) is 15.8. The molecule has 0 rings (SSSR count). The van der Waals surface area contributed by atoms with E-state index in [9.17, 15) is 14.4 Å². The van der Waals surface area contributed by atoms with Gasteiger partial charge in [-0.15, -0.1) is 0 Å². The van der Waals surface area contributed by atoms with Crippen LogP contribution >= 0.6 is 0 Å². The monoisotopic (exact) mass is 519 g/mol. The van der Waals surface area contributed by atoms with Crippen molar-refractivity contribution in [1.82, 2.24) is 15.5 Å². The molecule has 2 N–H and O–H groups in total. The topological polar surface area (TPSA) is 115 Å². The first-order valence-corrected chi connectivity index (χ1v) is 12.8. The average Bonchev–Trinajstić information content (AvgIpc) is 2.76. The van der Waals surface area contributed by atoms with E-state index in [1.54, 1.807) is 25.7 Å². The van der Waals surface area contributed by atoms with E-state index in [1.165, 1.54) is 7.11 Å². The highest BCUT2D eigenvalue weighted by molar-refractivity contribution is 5.70. The molecule has 0 radical (unpaired) electrons. The van der Waals surface area contributed by atoms with Crippen molar-refractivity contribution in [3.05, 3.63) is 0 Å². The Balaban J connectivity index is 5.52.